The molecule has 156 valence electrons. The molecule has 3 rings (SSSR count). The number of nitrogens with one attached hydrogen (secondary N) is 2. The molecule has 2 N–H and O–H groups in total. The molecule has 8 nitrogen and oxygen atoms in total. The van der Waals surface area contributed by atoms with Gasteiger partial charge in [0.25, 0.3) is 5.69 Å². The number of nitro groups is 1. The Morgan fingerprint density at radius 1 is 0.828 bits per heavy atom. The molecule has 1 aliphatic rings. The normalized spacial score (nSPS) is 18.9. The van der Waals surface area contributed by atoms with Gasteiger partial charge in [0, 0.05) is 12.1 Å². The molecule has 0 aromatic heterocycles. The maximum absolute atomic E-state index is 11.2. The van der Waals surface area contributed by atoms with Crippen LogP contribution >= 0.6 is 0 Å². The summed E-state index contributed by atoms with van der Waals surface area (Å²) < 4.78 is 16.3. The van der Waals surface area contributed by atoms with Crippen molar-refractivity contribution in [3.05, 3.63) is 57.6 Å². The van der Waals surface area contributed by atoms with E-state index in [1.165, 1.54) is 9.80 Å². The number of nitrogens with zero attached hydrogens (tertiary/aromatic N) is 1. The number of hydrogen-bond donors (Lipinski definition) is 2. The largest absolute Gasteiger partial charge is 0.496 e. The van der Waals surface area contributed by atoms with Gasteiger partial charge in [-0.3, -0.25) is 10.1 Å². The van der Waals surface area contributed by atoms with Gasteiger partial charge in [0.1, 0.15) is 45.0 Å². The molecule has 2 aromatic rings. The zero-order valence-electron chi connectivity index (χ0n) is 17.2. The van der Waals surface area contributed by atoms with Gasteiger partial charge in [0.05, 0.1) is 37.4 Å². The molecular formula is C21H29N3O5+2. The van der Waals surface area contributed by atoms with Crippen LogP contribution in [0.2, 0.25) is 0 Å². The maximum atomic E-state index is 11.2. The van der Waals surface area contributed by atoms with E-state index < -0.39 is 0 Å². The molecule has 2 aromatic carbocycles. The van der Waals surface area contributed by atoms with E-state index in [4.69, 9.17) is 14.2 Å². The number of nitro benzene ring substituents is 1. The molecule has 0 bridgehead atoms. The predicted octanol–water partition coefficient (Wildman–Crippen LogP) is 0.104. The van der Waals surface area contributed by atoms with Crippen molar-refractivity contribution in [2.75, 3.05) is 47.5 Å². The van der Waals surface area contributed by atoms with Gasteiger partial charge in [-0.2, -0.15) is 0 Å². The van der Waals surface area contributed by atoms with Gasteiger partial charge in [-0.15, -0.1) is 0 Å². The van der Waals surface area contributed by atoms with Crippen molar-refractivity contribution < 1.29 is 28.9 Å². The highest BCUT2D eigenvalue weighted by Crippen LogP contribution is 2.34. The summed E-state index contributed by atoms with van der Waals surface area (Å²) >= 11 is 0. The van der Waals surface area contributed by atoms with Gasteiger partial charge in [-0.25, -0.2) is 0 Å². The molecule has 0 aliphatic carbocycles. The van der Waals surface area contributed by atoms with Gasteiger partial charge >= 0.3 is 0 Å². The molecule has 1 fully saturated rings. The van der Waals surface area contributed by atoms with Crippen LogP contribution < -0.4 is 24.0 Å². The van der Waals surface area contributed by atoms with Crippen LogP contribution in [0.4, 0.5) is 5.69 Å². The van der Waals surface area contributed by atoms with E-state index in [2.05, 4.69) is 0 Å². The lowest BCUT2D eigenvalue weighted by molar-refractivity contribution is -1.02. The minimum atomic E-state index is -0.292. The van der Waals surface area contributed by atoms with Crippen molar-refractivity contribution in [2.45, 2.75) is 13.1 Å². The third-order valence-corrected chi connectivity index (χ3v) is 5.52. The van der Waals surface area contributed by atoms with Crippen molar-refractivity contribution in [3.63, 3.8) is 0 Å². The van der Waals surface area contributed by atoms with Gasteiger partial charge in [0.15, 0.2) is 11.5 Å². The summed E-state index contributed by atoms with van der Waals surface area (Å²) in [6, 6.07) is 10.9. The summed E-state index contributed by atoms with van der Waals surface area (Å²) in [5.74, 6) is 2.15. The van der Waals surface area contributed by atoms with Crippen LogP contribution in [0.25, 0.3) is 0 Å². The van der Waals surface area contributed by atoms with E-state index in [1.807, 2.05) is 24.3 Å². The summed E-state index contributed by atoms with van der Waals surface area (Å²) in [5, 5.41) is 11.2. The van der Waals surface area contributed by atoms with Gasteiger partial charge in [-0.05, 0) is 12.1 Å². The summed E-state index contributed by atoms with van der Waals surface area (Å²) in [6.45, 7) is 5.45. The van der Waals surface area contributed by atoms with E-state index in [1.54, 1.807) is 33.5 Å². The van der Waals surface area contributed by atoms with Crippen molar-refractivity contribution in [3.8, 4) is 17.2 Å². The van der Waals surface area contributed by atoms with Crippen LogP contribution in [-0.4, -0.2) is 52.4 Å². The highest BCUT2D eigenvalue weighted by molar-refractivity contribution is 5.50. The number of quaternary nitrogens is 2. The second-order valence-electron chi connectivity index (χ2n) is 7.26. The van der Waals surface area contributed by atoms with E-state index >= 15 is 0 Å². The molecule has 8 heteroatoms. The SMILES string of the molecule is COc1cc(OC)c(OC)cc1C[NH+]1CC[NH+](Cc2ccccc2[N+](=O)[O-])CC1. The quantitative estimate of drug-likeness (QED) is 0.483. The van der Waals surface area contributed by atoms with Crippen LogP contribution in [0.3, 0.4) is 0 Å². The molecule has 0 saturated carbocycles. The number of para-hydroxylation sites is 1. The molecule has 29 heavy (non-hydrogen) atoms. The minimum Gasteiger partial charge on any atom is -0.496 e. The average molecular weight is 403 g/mol. The molecule has 1 saturated heterocycles. The molecular weight excluding hydrogens is 374 g/mol. The predicted molar refractivity (Wildman–Crippen MR) is 108 cm³/mol. The lowest BCUT2D eigenvalue weighted by Gasteiger charge is -2.30. The number of benzene rings is 2. The summed E-state index contributed by atoms with van der Waals surface area (Å²) in [6.07, 6.45) is 0. The second kappa shape index (κ2) is 9.58. The Labute approximate surface area is 170 Å². The summed E-state index contributed by atoms with van der Waals surface area (Å²) in [4.78, 5) is 13.8. The van der Waals surface area contributed by atoms with Crippen LogP contribution in [0.1, 0.15) is 11.1 Å². The summed E-state index contributed by atoms with van der Waals surface area (Å²) in [5.41, 5.74) is 2.10. The lowest BCUT2D eigenvalue weighted by atomic mass is 10.1. The minimum absolute atomic E-state index is 0.213. The molecule has 1 aliphatic heterocycles. The van der Waals surface area contributed by atoms with Crippen LogP contribution in [0.5, 0.6) is 17.2 Å². The highest BCUT2D eigenvalue weighted by Gasteiger charge is 2.27. The van der Waals surface area contributed by atoms with Gasteiger partial charge in [-0.1, -0.05) is 12.1 Å². The first-order chi connectivity index (χ1) is 14.0. The van der Waals surface area contributed by atoms with Crippen LogP contribution in [0.15, 0.2) is 36.4 Å². The van der Waals surface area contributed by atoms with Crippen molar-refractivity contribution in [1.29, 1.82) is 0 Å². The van der Waals surface area contributed by atoms with E-state index in [9.17, 15) is 10.1 Å². The first-order valence-electron chi connectivity index (χ1n) is 9.74. The number of rotatable bonds is 8. The number of methoxy groups -OCH3 is 3. The molecule has 0 unspecified atom stereocenters. The average Bonchev–Trinajstić information content (AvgIpc) is 2.75. The summed E-state index contributed by atoms with van der Waals surface area (Å²) in [7, 11) is 4.90. The number of piperazine rings is 1. The number of hydrogen-bond acceptors (Lipinski definition) is 5. The van der Waals surface area contributed by atoms with Crippen LogP contribution in [0, 0.1) is 10.1 Å². The third-order valence-electron chi connectivity index (χ3n) is 5.52. The Morgan fingerprint density at radius 3 is 1.90 bits per heavy atom. The molecule has 0 radical (unpaired) electrons. The third kappa shape index (κ3) is 4.96. The first kappa shape index (κ1) is 20.9. The zero-order valence-corrected chi connectivity index (χ0v) is 17.2. The smallest absolute Gasteiger partial charge is 0.278 e. The second-order valence-corrected chi connectivity index (χ2v) is 7.26. The molecule has 0 amide bonds. The Morgan fingerprint density at radius 2 is 1.34 bits per heavy atom. The van der Waals surface area contributed by atoms with E-state index in [0.29, 0.717) is 18.0 Å². The van der Waals surface area contributed by atoms with Crippen molar-refractivity contribution in [1.82, 2.24) is 0 Å². The van der Waals surface area contributed by atoms with Crippen molar-refractivity contribution in [2.24, 2.45) is 0 Å². The maximum Gasteiger partial charge on any atom is 0.278 e. The Balaban J connectivity index is 1.63. The standard InChI is InChI=1S/C21H27N3O5/c1-27-19-13-21(29-3)20(28-2)12-17(19)15-23-10-8-22(9-11-23)14-16-6-4-5-7-18(16)24(25)26/h4-7,12-13H,8-11,14-15H2,1-3H3/p+2. The molecule has 0 atom stereocenters. The topological polar surface area (TPSA) is 79.7 Å². The monoisotopic (exact) mass is 403 g/mol. The fraction of sp³-hybridized carbons (Fsp3) is 0.429. The van der Waals surface area contributed by atoms with E-state index in [-0.39, 0.29) is 10.6 Å². The van der Waals surface area contributed by atoms with Gasteiger partial charge < -0.3 is 24.0 Å². The fourth-order valence-corrected chi connectivity index (χ4v) is 3.92. The number of ether oxygens (including phenoxy) is 3. The van der Waals surface area contributed by atoms with E-state index in [0.717, 1.165) is 49.6 Å². The molecule has 0 spiro atoms. The zero-order chi connectivity index (χ0) is 20.8. The van der Waals surface area contributed by atoms with Crippen LogP contribution in [-0.2, 0) is 13.1 Å². The lowest BCUT2D eigenvalue weighted by Crippen LogP contribution is -3.27. The first-order valence-corrected chi connectivity index (χ1v) is 9.74. The Bertz CT molecular complexity index is 850. The van der Waals surface area contributed by atoms with Gasteiger partial charge in [0.2, 0.25) is 0 Å². The fourth-order valence-electron chi connectivity index (χ4n) is 3.92. The highest BCUT2D eigenvalue weighted by atomic mass is 16.6. The Hall–Kier alpha value is -2.84. The van der Waals surface area contributed by atoms with Crippen molar-refractivity contribution >= 4 is 5.69 Å². The molecule has 1 heterocycles. The Kier molecular flexibility index (Phi) is 6.90.